The van der Waals surface area contributed by atoms with Gasteiger partial charge in [0, 0.05) is 25.6 Å². The number of hydrogen-bond acceptors (Lipinski definition) is 5. The Morgan fingerprint density at radius 1 is 1.19 bits per heavy atom. The van der Waals surface area contributed by atoms with Crippen LogP contribution in [0.2, 0.25) is 0 Å². The number of likely N-dealkylation sites (tertiary alicyclic amines) is 1. The highest BCUT2D eigenvalue weighted by molar-refractivity contribution is 7.88. The summed E-state index contributed by atoms with van der Waals surface area (Å²) in [4.78, 5) is 14.1. The molecule has 7 nitrogen and oxygen atoms in total. The molecule has 1 fully saturated rings. The van der Waals surface area contributed by atoms with Crippen molar-refractivity contribution < 1.29 is 22.7 Å². The number of ether oxygens (including phenoxy) is 2. The standard InChI is InChI=1S/C18H28N2O5S/c1-3-24-16-7-4-5-8-17(16)25-14-6-9-18(21)20-12-10-15(11-13-20)19-26(2,22)23/h4-5,7-8,15,19H,3,6,9-14H2,1-2H3. The molecule has 0 aliphatic carbocycles. The van der Waals surface area contributed by atoms with E-state index in [1.165, 1.54) is 0 Å². The first kappa shape index (κ1) is 20.5. The summed E-state index contributed by atoms with van der Waals surface area (Å²) in [5.74, 6) is 1.49. The fourth-order valence-corrected chi connectivity index (χ4v) is 3.80. The summed E-state index contributed by atoms with van der Waals surface area (Å²) in [6.45, 7) is 4.11. The third-order valence-corrected chi connectivity index (χ3v) is 4.93. The van der Waals surface area contributed by atoms with E-state index in [-0.39, 0.29) is 11.9 Å². The summed E-state index contributed by atoms with van der Waals surface area (Å²) in [6.07, 6.45) is 3.50. The van der Waals surface area contributed by atoms with E-state index in [9.17, 15) is 13.2 Å². The van der Waals surface area contributed by atoms with Crippen molar-refractivity contribution in [3.63, 3.8) is 0 Å². The lowest BCUT2D eigenvalue weighted by molar-refractivity contribution is -0.132. The highest BCUT2D eigenvalue weighted by atomic mass is 32.2. The molecule has 146 valence electrons. The van der Waals surface area contributed by atoms with Crippen molar-refractivity contribution in [3.05, 3.63) is 24.3 Å². The van der Waals surface area contributed by atoms with Gasteiger partial charge in [-0.05, 0) is 38.3 Å². The van der Waals surface area contributed by atoms with E-state index in [0.717, 1.165) is 6.26 Å². The van der Waals surface area contributed by atoms with Crippen molar-refractivity contribution in [3.8, 4) is 11.5 Å². The summed E-state index contributed by atoms with van der Waals surface area (Å²) in [5.41, 5.74) is 0. The van der Waals surface area contributed by atoms with Gasteiger partial charge >= 0.3 is 0 Å². The van der Waals surface area contributed by atoms with Crippen molar-refractivity contribution in [2.75, 3.05) is 32.6 Å². The number of rotatable bonds is 9. The molecule has 1 aliphatic heterocycles. The molecule has 1 N–H and O–H groups in total. The quantitative estimate of drug-likeness (QED) is 0.656. The third-order valence-electron chi connectivity index (χ3n) is 4.17. The third kappa shape index (κ3) is 6.84. The lowest BCUT2D eigenvalue weighted by Crippen LogP contribution is -2.46. The van der Waals surface area contributed by atoms with Crippen LogP contribution < -0.4 is 14.2 Å². The Hall–Kier alpha value is -1.80. The zero-order valence-corrected chi connectivity index (χ0v) is 16.3. The molecule has 26 heavy (non-hydrogen) atoms. The zero-order valence-electron chi connectivity index (χ0n) is 15.4. The van der Waals surface area contributed by atoms with Gasteiger partial charge in [-0.3, -0.25) is 4.79 Å². The van der Waals surface area contributed by atoms with Crippen molar-refractivity contribution in [1.82, 2.24) is 9.62 Å². The molecular weight excluding hydrogens is 356 g/mol. The molecule has 0 atom stereocenters. The number of nitrogens with one attached hydrogen (secondary N) is 1. The first-order valence-corrected chi connectivity index (χ1v) is 10.9. The minimum atomic E-state index is -3.19. The topological polar surface area (TPSA) is 84.9 Å². The van der Waals surface area contributed by atoms with Gasteiger partial charge in [0.2, 0.25) is 15.9 Å². The number of amides is 1. The predicted octanol–water partition coefficient (Wildman–Crippen LogP) is 1.78. The lowest BCUT2D eigenvalue weighted by atomic mass is 10.1. The second kappa shape index (κ2) is 9.78. The summed E-state index contributed by atoms with van der Waals surface area (Å²) in [6, 6.07) is 7.42. The van der Waals surface area contributed by atoms with Crippen LogP contribution in [0.3, 0.4) is 0 Å². The molecule has 1 saturated heterocycles. The van der Waals surface area contributed by atoms with E-state index < -0.39 is 10.0 Å². The number of carbonyl (C=O) groups is 1. The minimum absolute atomic E-state index is 0.0764. The predicted molar refractivity (Wildman–Crippen MR) is 99.9 cm³/mol. The molecule has 1 amide bonds. The summed E-state index contributed by atoms with van der Waals surface area (Å²) < 4.78 is 36.4. The largest absolute Gasteiger partial charge is 0.490 e. The maximum Gasteiger partial charge on any atom is 0.222 e. The number of nitrogens with zero attached hydrogens (tertiary/aromatic N) is 1. The van der Waals surface area contributed by atoms with Crippen molar-refractivity contribution in [2.24, 2.45) is 0 Å². The Labute approximate surface area is 155 Å². The highest BCUT2D eigenvalue weighted by Gasteiger charge is 2.24. The molecule has 0 unspecified atom stereocenters. The molecule has 0 aromatic heterocycles. The van der Waals surface area contributed by atoms with Crippen LogP contribution in [0.15, 0.2) is 24.3 Å². The van der Waals surface area contributed by atoms with Gasteiger partial charge in [-0.1, -0.05) is 12.1 Å². The lowest BCUT2D eigenvalue weighted by Gasteiger charge is -2.32. The maximum atomic E-state index is 12.3. The van der Waals surface area contributed by atoms with Crippen LogP contribution in [0, 0.1) is 0 Å². The number of piperidine rings is 1. The van der Waals surface area contributed by atoms with Gasteiger partial charge in [0.15, 0.2) is 11.5 Å². The summed E-state index contributed by atoms with van der Waals surface area (Å²) in [5, 5.41) is 0. The van der Waals surface area contributed by atoms with E-state index >= 15 is 0 Å². The molecule has 1 aromatic carbocycles. The SMILES string of the molecule is CCOc1ccccc1OCCCC(=O)N1CCC(NS(C)(=O)=O)CC1. The molecule has 1 heterocycles. The second-order valence-electron chi connectivity index (χ2n) is 6.38. The molecule has 0 spiro atoms. The minimum Gasteiger partial charge on any atom is -0.490 e. The van der Waals surface area contributed by atoms with Crippen LogP contribution in [0.5, 0.6) is 11.5 Å². The molecule has 8 heteroatoms. The number of benzene rings is 1. The maximum absolute atomic E-state index is 12.3. The van der Waals surface area contributed by atoms with Gasteiger partial charge < -0.3 is 14.4 Å². The van der Waals surface area contributed by atoms with Gasteiger partial charge in [-0.25, -0.2) is 13.1 Å². The van der Waals surface area contributed by atoms with E-state index in [1.807, 2.05) is 31.2 Å². The van der Waals surface area contributed by atoms with Crippen LogP contribution in [0.25, 0.3) is 0 Å². The van der Waals surface area contributed by atoms with Crippen LogP contribution in [0.4, 0.5) is 0 Å². The first-order chi connectivity index (χ1) is 12.4. The fraction of sp³-hybridized carbons (Fsp3) is 0.611. The summed E-state index contributed by atoms with van der Waals surface area (Å²) >= 11 is 0. The number of sulfonamides is 1. The molecule has 0 radical (unpaired) electrons. The second-order valence-corrected chi connectivity index (χ2v) is 8.16. The molecule has 2 rings (SSSR count). The van der Waals surface area contributed by atoms with Crippen LogP contribution >= 0.6 is 0 Å². The molecule has 0 bridgehead atoms. The van der Waals surface area contributed by atoms with Crippen molar-refractivity contribution in [2.45, 2.75) is 38.6 Å². The fourth-order valence-electron chi connectivity index (χ4n) is 2.96. The van der Waals surface area contributed by atoms with Crippen molar-refractivity contribution in [1.29, 1.82) is 0 Å². The van der Waals surface area contributed by atoms with E-state index in [2.05, 4.69) is 4.72 Å². The molecular formula is C18H28N2O5S. The smallest absolute Gasteiger partial charge is 0.222 e. The van der Waals surface area contributed by atoms with E-state index in [0.29, 0.717) is 63.5 Å². The Morgan fingerprint density at radius 3 is 2.38 bits per heavy atom. The van der Waals surface area contributed by atoms with E-state index in [4.69, 9.17) is 9.47 Å². The Kier molecular flexibility index (Phi) is 7.71. The van der Waals surface area contributed by atoms with Gasteiger partial charge in [0.25, 0.3) is 0 Å². The normalized spacial score (nSPS) is 15.7. The number of hydrogen-bond donors (Lipinski definition) is 1. The van der Waals surface area contributed by atoms with Crippen LogP contribution in [-0.4, -0.2) is 57.8 Å². The summed E-state index contributed by atoms with van der Waals surface area (Å²) in [7, 11) is -3.19. The van der Waals surface area contributed by atoms with Crippen LogP contribution in [0.1, 0.15) is 32.6 Å². The Balaban J connectivity index is 1.68. The Bertz CT molecular complexity index is 685. The Morgan fingerprint density at radius 2 is 1.81 bits per heavy atom. The average molecular weight is 384 g/mol. The molecule has 1 aliphatic rings. The van der Waals surface area contributed by atoms with Crippen LogP contribution in [-0.2, 0) is 14.8 Å². The van der Waals surface area contributed by atoms with Gasteiger partial charge in [-0.15, -0.1) is 0 Å². The van der Waals surface area contributed by atoms with Gasteiger partial charge in [0.1, 0.15) is 0 Å². The van der Waals surface area contributed by atoms with Crippen molar-refractivity contribution >= 4 is 15.9 Å². The first-order valence-electron chi connectivity index (χ1n) is 8.98. The van der Waals surface area contributed by atoms with Gasteiger partial charge in [0.05, 0.1) is 19.5 Å². The number of para-hydroxylation sites is 2. The molecule has 1 aromatic rings. The highest BCUT2D eigenvalue weighted by Crippen LogP contribution is 2.26. The number of carbonyl (C=O) groups excluding carboxylic acids is 1. The monoisotopic (exact) mass is 384 g/mol. The average Bonchev–Trinajstić information content (AvgIpc) is 2.59. The molecule has 0 saturated carbocycles. The van der Waals surface area contributed by atoms with Gasteiger partial charge in [-0.2, -0.15) is 0 Å². The van der Waals surface area contributed by atoms with E-state index in [1.54, 1.807) is 4.90 Å². The zero-order chi connectivity index (χ0) is 19.0.